The van der Waals surface area contributed by atoms with Gasteiger partial charge in [0.05, 0.1) is 13.7 Å². The number of ether oxygens (including phenoxy) is 1. The zero-order valence-corrected chi connectivity index (χ0v) is 16.3. The number of carbonyl (C=O) groups excluding carboxylic acids is 1. The van der Waals surface area contributed by atoms with E-state index in [2.05, 4.69) is 15.2 Å². The first-order valence-corrected chi connectivity index (χ1v) is 8.41. The summed E-state index contributed by atoms with van der Waals surface area (Å²) >= 11 is 1.93. The first kappa shape index (κ1) is 19.9. The van der Waals surface area contributed by atoms with Crippen molar-refractivity contribution in [1.29, 1.82) is 0 Å². The van der Waals surface area contributed by atoms with Crippen molar-refractivity contribution in [3.05, 3.63) is 29.8 Å². The average Bonchev–Trinajstić information content (AvgIpc) is 2.59. The minimum atomic E-state index is -0.137. The molecule has 1 heterocycles. The number of guanidine groups is 1. The molecule has 3 N–H and O–H groups in total. The quantitative estimate of drug-likeness (QED) is 0.307. The molecular weight excluding hydrogens is 427 g/mol. The van der Waals surface area contributed by atoms with E-state index in [4.69, 9.17) is 10.5 Å². The molecule has 0 atom stereocenters. The lowest BCUT2D eigenvalue weighted by Gasteiger charge is -2.27. The normalized spacial score (nSPS) is 14.8. The minimum Gasteiger partial charge on any atom is -0.497 e. The van der Waals surface area contributed by atoms with Crippen molar-refractivity contribution in [1.82, 2.24) is 10.2 Å². The SMILES string of the molecule is COc1cccc(C(=O)NCCN=C(N)N2CCSCC2)c1.I. The second-order valence-electron chi connectivity index (χ2n) is 4.83. The lowest BCUT2D eigenvalue weighted by molar-refractivity contribution is 0.0954. The number of methoxy groups -OCH3 is 1. The number of rotatable bonds is 5. The van der Waals surface area contributed by atoms with Crippen LogP contribution in [0.2, 0.25) is 0 Å². The monoisotopic (exact) mass is 450 g/mol. The van der Waals surface area contributed by atoms with E-state index in [0.717, 1.165) is 24.6 Å². The highest BCUT2D eigenvalue weighted by molar-refractivity contribution is 14.0. The van der Waals surface area contributed by atoms with Gasteiger partial charge >= 0.3 is 0 Å². The van der Waals surface area contributed by atoms with Crippen molar-refractivity contribution >= 4 is 47.6 Å². The van der Waals surface area contributed by atoms with E-state index >= 15 is 0 Å². The molecule has 1 aromatic rings. The molecule has 0 aromatic heterocycles. The molecule has 1 fully saturated rings. The fraction of sp³-hybridized carbons (Fsp3) is 0.467. The molecule has 0 spiro atoms. The molecule has 1 saturated heterocycles. The fourth-order valence-corrected chi connectivity index (χ4v) is 3.00. The number of nitrogens with zero attached hydrogens (tertiary/aromatic N) is 2. The molecule has 1 aromatic carbocycles. The van der Waals surface area contributed by atoms with E-state index in [9.17, 15) is 4.79 Å². The van der Waals surface area contributed by atoms with Gasteiger partial charge in [-0.15, -0.1) is 24.0 Å². The zero-order valence-electron chi connectivity index (χ0n) is 13.2. The van der Waals surface area contributed by atoms with Crippen LogP contribution in [0.4, 0.5) is 0 Å². The number of thioether (sulfide) groups is 1. The van der Waals surface area contributed by atoms with E-state index < -0.39 is 0 Å². The van der Waals surface area contributed by atoms with E-state index in [1.165, 1.54) is 0 Å². The van der Waals surface area contributed by atoms with Gasteiger partial charge in [0.2, 0.25) is 0 Å². The molecule has 1 aliphatic rings. The van der Waals surface area contributed by atoms with Gasteiger partial charge in [-0.3, -0.25) is 9.79 Å². The average molecular weight is 450 g/mol. The molecule has 1 amide bonds. The van der Waals surface area contributed by atoms with Crippen LogP contribution in [-0.4, -0.2) is 61.6 Å². The maximum Gasteiger partial charge on any atom is 0.251 e. The van der Waals surface area contributed by atoms with Crippen LogP contribution in [0.25, 0.3) is 0 Å². The summed E-state index contributed by atoms with van der Waals surface area (Å²) < 4.78 is 5.10. The Kier molecular flexibility index (Phi) is 9.15. The predicted molar refractivity (Wildman–Crippen MR) is 106 cm³/mol. The van der Waals surface area contributed by atoms with Crippen LogP contribution < -0.4 is 15.8 Å². The van der Waals surface area contributed by atoms with Gasteiger partial charge in [0.1, 0.15) is 5.75 Å². The molecule has 8 heteroatoms. The van der Waals surface area contributed by atoms with E-state index in [1.54, 1.807) is 31.4 Å². The molecule has 6 nitrogen and oxygen atoms in total. The Morgan fingerprint density at radius 1 is 1.43 bits per heavy atom. The highest BCUT2D eigenvalue weighted by atomic mass is 127. The first-order chi connectivity index (χ1) is 10.7. The molecule has 0 bridgehead atoms. The van der Waals surface area contributed by atoms with Crippen LogP contribution in [-0.2, 0) is 0 Å². The molecule has 1 aliphatic heterocycles. The minimum absolute atomic E-state index is 0. The van der Waals surface area contributed by atoms with Crippen LogP contribution in [0.3, 0.4) is 0 Å². The lowest BCUT2D eigenvalue weighted by Crippen LogP contribution is -2.43. The number of amides is 1. The Morgan fingerprint density at radius 2 is 2.17 bits per heavy atom. The number of aliphatic imine (C=N–C) groups is 1. The van der Waals surface area contributed by atoms with Gasteiger partial charge in [0.25, 0.3) is 5.91 Å². The smallest absolute Gasteiger partial charge is 0.251 e. The fourth-order valence-electron chi connectivity index (χ4n) is 2.10. The molecule has 128 valence electrons. The summed E-state index contributed by atoms with van der Waals surface area (Å²) in [5.74, 6) is 3.27. The van der Waals surface area contributed by atoms with E-state index in [-0.39, 0.29) is 29.9 Å². The maximum absolute atomic E-state index is 12.0. The van der Waals surface area contributed by atoms with Crippen LogP contribution >= 0.6 is 35.7 Å². The largest absolute Gasteiger partial charge is 0.497 e. The van der Waals surface area contributed by atoms with Crippen LogP contribution in [0.1, 0.15) is 10.4 Å². The number of hydrogen-bond donors (Lipinski definition) is 2. The highest BCUT2D eigenvalue weighted by Crippen LogP contribution is 2.12. The number of halogens is 1. The molecule has 23 heavy (non-hydrogen) atoms. The maximum atomic E-state index is 12.0. The third-order valence-electron chi connectivity index (χ3n) is 3.34. The van der Waals surface area contributed by atoms with Crippen LogP contribution in [0, 0.1) is 0 Å². The van der Waals surface area contributed by atoms with Crippen molar-refractivity contribution in [2.45, 2.75) is 0 Å². The third kappa shape index (κ3) is 6.46. The van der Waals surface area contributed by atoms with Gasteiger partial charge in [0, 0.05) is 36.7 Å². The standard InChI is InChI=1S/C15H22N4O2S.HI/c1-21-13-4-2-3-12(11-13)14(20)17-5-6-18-15(16)19-7-9-22-10-8-19;/h2-4,11H,5-10H2,1H3,(H2,16,18)(H,17,20);1H. The Balaban J connectivity index is 0.00000264. The number of carbonyl (C=O) groups is 1. The molecule has 0 saturated carbocycles. The second-order valence-corrected chi connectivity index (χ2v) is 6.05. The first-order valence-electron chi connectivity index (χ1n) is 7.25. The van der Waals surface area contributed by atoms with Crippen molar-refractivity contribution in [2.24, 2.45) is 10.7 Å². The summed E-state index contributed by atoms with van der Waals surface area (Å²) in [4.78, 5) is 18.4. The molecule has 2 rings (SSSR count). The van der Waals surface area contributed by atoms with E-state index in [0.29, 0.717) is 30.4 Å². The summed E-state index contributed by atoms with van der Waals surface area (Å²) in [6.07, 6.45) is 0. The lowest BCUT2D eigenvalue weighted by atomic mass is 10.2. The van der Waals surface area contributed by atoms with Crippen molar-refractivity contribution in [3.8, 4) is 5.75 Å². The topological polar surface area (TPSA) is 79.9 Å². The molecular formula is C15H23IN4O2S. The Bertz CT molecular complexity index is 536. The van der Waals surface area contributed by atoms with Crippen LogP contribution in [0.15, 0.2) is 29.3 Å². The Morgan fingerprint density at radius 3 is 2.87 bits per heavy atom. The Labute approximate surface area is 158 Å². The zero-order chi connectivity index (χ0) is 15.8. The van der Waals surface area contributed by atoms with Gasteiger partial charge in [-0.1, -0.05) is 6.07 Å². The summed E-state index contributed by atoms with van der Waals surface area (Å²) in [5.41, 5.74) is 6.53. The second kappa shape index (κ2) is 10.6. The van der Waals surface area contributed by atoms with Crippen molar-refractivity contribution < 1.29 is 9.53 Å². The van der Waals surface area contributed by atoms with Crippen LogP contribution in [0.5, 0.6) is 5.75 Å². The molecule has 0 radical (unpaired) electrons. The Hall–Kier alpha value is -1.16. The number of nitrogens with one attached hydrogen (secondary N) is 1. The summed E-state index contributed by atoms with van der Waals surface area (Å²) in [5, 5.41) is 2.83. The van der Waals surface area contributed by atoms with Gasteiger partial charge in [-0.05, 0) is 18.2 Å². The van der Waals surface area contributed by atoms with Gasteiger partial charge < -0.3 is 20.7 Å². The summed E-state index contributed by atoms with van der Waals surface area (Å²) in [7, 11) is 1.58. The summed E-state index contributed by atoms with van der Waals surface area (Å²) in [6.45, 7) is 2.82. The van der Waals surface area contributed by atoms with Gasteiger partial charge in [-0.2, -0.15) is 11.8 Å². The van der Waals surface area contributed by atoms with Crippen molar-refractivity contribution in [2.75, 3.05) is 44.8 Å². The number of hydrogen-bond acceptors (Lipinski definition) is 4. The predicted octanol–water partition coefficient (Wildman–Crippen LogP) is 1.41. The molecule has 0 unspecified atom stereocenters. The molecule has 0 aliphatic carbocycles. The van der Waals surface area contributed by atoms with E-state index in [1.807, 2.05) is 11.8 Å². The van der Waals surface area contributed by atoms with Gasteiger partial charge in [0.15, 0.2) is 5.96 Å². The van der Waals surface area contributed by atoms with Gasteiger partial charge in [-0.25, -0.2) is 0 Å². The number of benzene rings is 1. The summed E-state index contributed by atoms with van der Waals surface area (Å²) in [6, 6.07) is 7.05. The highest BCUT2D eigenvalue weighted by Gasteiger charge is 2.11. The number of nitrogens with two attached hydrogens (primary N) is 1. The van der Waals surface area contributed by atoms with Crippen molar-refractivity contribution in [3.63, 3.8) is 0 Å². The third-order valence-corrected chi connectivity index (χ3v) is 4.28.